The maximum atomic E-state index is 11.5. The molecule has 4 heteroatoms. The molecule has 3 nitrogen and oxygen atoms in total. The molecule has 0 spiro atoms. The van der Waals surface area contributed by atoms with Crippen LogP contribution in [0, 0.1) is 0 Å². The van der Waals surface area contributed by atoms with Crippen molar-refractivity contribution in [3.8, 4) is 0 Å². The number of pyridine rings is 1. The van der Waals surface area contributed by atoms with E-state index in [0.717, 1.165) is 5.56 Å². The van der Waals surface area contributed by atoms with Crippen LogP contribution in [-0.4, -0.2) is 4.57 Å². The largest absolute Gasteiger partial charge is 0.399 e. The van der Waals surface area contributed by atoms with Crippen LogP contribution in [0.15, 0.2) is 47.4 Å². The van der Waals surface area contributed by atoms with E-state index >= 15 is 0 Å². The Morgan fingerprint density at radius 3 is 2.75 bits per heavy atom. The van der Waals surface area contributed by atoms with Gasteiger partial charge in [-0.15, -0.1) is 0 Å². The molecule has 0 amide bonds. The molecule has 2 N–H and O–H groups in total. The summed E-state index contributed by atoms with van der Waals surface area (Å²) in [5, 5.41) is 0.579. The smallest absolute Gasteiger partial charge is 0.250 e. The molecule has 0 unspecified atom stereocenters. The molecular formula is C12H11ClN2O. The van der Waals surface area contributed by atoms with Crippen molar-refractivity contribution in [2.45, 2.75) is 6.54 Å². The molecule has 0 atom stereocenters. The van der Waals surface area contributed by atoms with Gasteiger partial charge in [0.1, 0.15) is 0 Å². The van der Waals surface area contributed by atoms with Crippen molar-refractivity contribution in [3.05, 3.63) is 63.5 Å². The van der Waals surface area contributed by atoms with E-state index in [1.807, 2.05) is 12.1 Å². The highest BCUT2D eigenvalue weighted by molar-refractivity contribution is 6.31. The third-order valence-electron chi connectivity index (χ3n) is 2.32. The second-order valence-electron chi connectivity index (χ2n) is 3.52. The van der Waals surface area contributed by atoms with E-state index in [1.165, 1.54) is 6.07 Å². The average molecular weight is 235 g/mol. The predicted octanol–water partition coefficient (Wildman–Crippen LogP) is 2.13. The lowest BCUT2D eigenvalue weighted by Gasteiger charge is -2.07. The van der Waals surface area contributed by atoms with E-state index < -0.39 is 0 Å². The summed E-state index contributed by atoms with van der Waals surface area (Å²) in [6.07, 6.45) is 1.73. The van der Waals surface area contributed by atoms with Crippen LogP contribution in [0.25, 0.3) is 0 Å². The summed E-state index contributed by atoms with van der Waals surface area (Å²) < 4.78 is 1.59. The van der Waals surface area contributed by atoms with Crippen molar-refractivity contribution in [2.75, 3.05) is 5.73 Å². The topological polar surface area (TPSA) is 48.0 Å². The van der Waals surface area contributed by atoms with E-state index in [-0.39, 0.29) is 5.56 Å². The first-order valence-corrected chi connectivity index (χ1v) is 5.24. The number of anilines is 1. The van der Waals surface area contributed by atoms with Crippen molar-refractivity contribution in [1.29, 1.82) is 0 Å². The Bertz CT molecular complexity index is 563. The first kappa shape index (κ1) is 10.8. The summed E-state index contributed by atoms with van der Waals surface area (Å²) in [5.41, 5.74) is 7.05. The number of hydrogen-bond donors (Lipinski definition) is 1. The third-order valence-corrected chi connectivity index (χ3v) is 2.67. The summed E-state index contributed by atoms with van der Waals surface area (Å²) in [6.45, 7) is 0.457. The molecule has 0 aliphatic heterocycles. The summed E-state index contributed by atoms with van der Waals surface area (Å²) in [4.78, 5) is 11.5. The van der Waals surface area contributed by atoms with Crippen molar-refractivity contribution in [2.24, 2.45) is 0 Å². The van der Waals surface area contributed by atoms with Gasteiger partial charge in [-0.05, 0) is 23.8 Å². The summed E-state index contributed by atoms with van der Waals surface area (Å²) in [5.74, 6) is 0. The molecule has 1 aromatic carbocycles. The normalized spacial score (nSPS) is 10.3. The molecule has 0 fully saturated rings. The number of rotatable bonds is 2. The fourth-order valence-corrected chi connectivity index (χ4v) is 1.72. The van der Waals surface area contributed by atoms with Gasteiger partial charge >= 0.3 is 0 Å². The molecule has 16 heavy (non-hydrogen) atoms. The van der Waals surface area contributed by atoms with Crippen LogP contribution >= 0.6 is 11.6 Å². The Morgan fingerprint density at radius 1 is 1.25 bits per heavy atom. The maximum absolute atomic E-state index is 11.5. The fraction of sp³-hybridized carbons (Fsp3) is 0.0833. The van der Waals surface area contributed by atoms with E-state index in [9.17, 15) is 4.79 Å². The number of hydrogen-bond acceptors (Lipinski definition) is 2. The number of aromatic nitrogens is 1. The van der Waals surface area contributed by atoms with Gasteiger partial charge in [0.05, 0.1) is 6.54 Å². The zero-order valence-electron chi connectivity index (χ0n) is 8.56. The Balaban J connectivity index is 2.35. The molecule has 0 aliphatic rings. The molecule has 0 saturated heterocycles. The van der Waals surface area contributed by atoms with Gasteiger partial charge in [0, 0.05) is 23.0 Å². The van der Waals surface area contributed by atoms with Gasteiger partial charge in [-0.1, -0.05) is 23.7 Å². The molecule has 0 aliphatic carbocycles. The van der Waals surface area contributed by atoms with Gasteiger partial charge in [-0.3, -0.25) is 4.79 Å². The quantitative estimate of drug-likeness (QED) is 0.810. The lowest BCUT2D eigenvalue weighted by molar-refractivity contribution is 0.760. The Kier molecular flexibility index (Phi) is 2.97. The number of nitrogen functional groups attached to an aromatic ring is 1. The lowest BCUT2D eigenvalue weighted by Crippen LogP contribution is -2.18. The highest BCUT2D eigenvalue weighted by Crippen LogP contribution is 2.19. The maximum Gasteiger partial charge on any atom is 0.250 e. The van der Waals surface area contributed by atoms with E-state index in [2.05, 4.69) is 0 Å². The van der Waals surface area contributed by atoms with Crippen LogP contribution in [0.3, 0.4) is 0 Å². The second kappa shape index (κ2) is 4.41. The van der Waals surface area contributed by atoms with Crippen LogP contribution in [0.4, 0.5) is 5.69 Å². The van der Waals surface area contributed by atoms with Gasteiger partial charge in [-0.2, -0.15) is 0 Å². The zero-order chi connectivity index (χ0) is 11.5. The first-order valence-electron chi connectivity index (χ1n) is 4.86. The fourth-order valence-electron chi connectivity index (χ4n) is 1.47. The number of nitrogens with zero attached hydrogens (tertiary/aromatic N) is 1. The Hall–Kier alpha value is -1.74. The van der Waals surface area contributed by atoms with Crippen molar-refractivity contribution in [3.63, 3.8) is 0 Å². The lowest BCUT2D eigenvalue weighted by atomic mass is 10.2. The highest BCUT2D eigenvalue weighted by Gasteiger charge is 2.02. The SMILES string of the molecule is Nc1ccc(Cn2ccccc2=O)c(Cl)c1. The van der Waals surface area contributed by atoms with E-state index in [1.54, 1.807) is 29.0 Å². The van der Waals surface area contributed by atoms with Crippen LogP contribution in [-0.2, 0) is 6.54 Å². The molecule has 1 aromatic heterocycles. The van der Waals surface area contributed by atoms with Crippen LogP contribution in [0.2, 0.25) is 5.02 Å². The Morgan fingerprint density at radius 2 is 2.06 bits per heavy atom. The molecule has 2 rings (SSSR count). The summed E-state index contributed by atoms with van der Waals surface area (Å²) >= 11 is 6.04. The van der Waals surface area contributed by atoms with E-state index in [4.69, 9.17) is 17.3 Å². The predicted molar refractivity (Wildman–Crippen MR) is 65.7 cm³/mol. The number of benzene rings is 1. The molecule has 82 valence electrons. The monoisotopic (exact) mass is 234 g/mol. The third kappa shape index (κ3) is 2.25. The molecule has 0 bridgehead atoms. The van der Waals surface area contributed by atoms with Gasteiger partial charge in [0.15, 0.2) is 0 Å². The minimum Gasteiger partial charge on any atom is -0.399 e. The van der Waals surface area contributed by atoms with E-state index in [0.29, 0.717) is 17.3 Å². The number of halogens is 1. The Labute approximate surface area is 98.1 Å². The number of nitrogens with two attached hydrogens (primary N) is 1. The van der Waals surface area contributed by atoms with Gasteiger partial charge < -0.3 is 10.3 Å². The van der Waals surface area contributed by atoms with Crippen LogP contribution < -0.4 is 11.3 Å². The van der Waals surface area contributed by atoms with Crippen LogP contribution in [0.1, 0.15) is 5.56 Å². The van der Waals surface area contributed by atoms with Gasteiger partial charge in [-0.25, -0.2) is 0 Å². The zero-order valence-corrected chi connectivity index (χ0v) is 9.32. The van der Waals surface area contributed by atoms with Crippen LogP contribution in [0.5, 0.6) is 0 Å². The first-order chi connectivity index (χ1) is 7.66. The minimum atomic E-state index is -0.0459. The average Bonchev–Trinajstić information content (AvgIpc) is 2.25. The highest BCUT2D eigenvalue weighted by atomic mass is 35.5. The summed E-state index contributed by atoms with van der Waals surface area (Å²) in [7, 11) is 0. The second-order valence-corrected chi connectivity index (χ2v) is 3.92. The van der Waals surface area contributed by atoms with Gasteiger partial charge in [0.25, 0.3) is 5.56 Å². The summed E-state index contributed by atoms with van der Waals surface area (Å²) in [6, 6.07) is 10.3. The molecule has 0 radical (unpaired) electrons. The molecule has 1 heterocycles. The standard InChI is InChI=1S/C12H11ClN2O/c13-11-7-10(14)5-4-9(11)8-15-6-2-1-3-12(15)16/h1-7H,8,14H2. The molecule has 0 saturated carbocycles. The molecule has 2 aromatic rings. The molecular weight excluding hydrogens is 224 g/mol. The van der Waals surface area contributed by atoms with Crippen molar-refractivity contribution >= 4 is 17.3 Å². The van der Waals surface area contributed by atoms with Crippen molar-refractivity contribution in [1.82, 2.24) is 4.57 Å². The minimum absolute atomic E-state index is 0.0459. The van der Waals surface area contributed by atoms with Gasteiger partial charge in [0.2, 0.25) is 0 Å². The van der Waals surface area contributed by atoms with Crippen molar-refractivity contribution < 1.29 is 0 Å².